The van der Waals surface area contributed by atoms with Crippen LogP contribution in [0, 0.1) is 23.0 Å². The molecule has 6 N–H and O–H groups in total. The monoisotopic (exact) mass is 662 g/mol. The standard InChI is InChI=1S/C32H29ClF2N8O2S/c1-13-9-11-43(4)26(13)15(3)45-32-41-25-22(31(42-32)40-14(2)16-6-5-10-39-29(16)37)27(44)23(33)21(24(25)35)17-7-8-19(34)28-20(17)18(12-36)30(38)46-28/h5-8,10,14-15,26,44H,1,9,11,38H2,2-4H3,(H2,37,39)(H,40,41,42)/t14-,15+,26+/m1/s1. The van der Waals surface area contributed by atoms with Crippen LogP contribution >= 0.6 is 22.9 Å². The fourth-order valence-corrected chi connectivity index (χ4v) is 7.32. The van der Waals surface area contributed by atoms with Gasteiger partial charge >= 0.3 is 6.01 Å². The molecule has 46 heavy (non-hydrogen) atoms. The van der Waals surface area contributed by atoms with Crippen LogP contribution in [0.4, 0.5) is 25.4 Å². The summed E-state index contributed by atoms with van der Waals surface area (Å²) >= 11 is 7.55. The van der Waals surface area contributed by atoms with Crippen molar-refractivity contribution in [2.24, 2.45) is 0 Å². The number of hydrogen-bond donors (Lipinski definition) is 4. The second-order valence-electron chi connectivity index (χ2n) is 11.2. The van der Waals surface area contributed by atoms with Gasteiger partial charge in [0.25, 0.3) is 0 Å². The van der Waals surface area contributed by atoms with E-state index >= 15 is 4.39 Å². The van der Waals surface area contributed by atoms with Crippen molar-refractivity contribution < 1.29 is 18.6 Å². The summed E-state index contributed by atoms with van der Waals surface area (Å²) in [5, 5.41) is 24.2. The van der Waals surface area contributed by atoms with E-state index in [1.165, 1.54) is 6.07 Å². The van der Waals surface area contributed by atoms with Gasteiger partial charge in [0.15, 0.2) is 5.82 Å². The zero-order valence-electron chi connectivity index (χ0n) is 25.0. The Morgan fingerprint density at radius 3 is 2.67 bits per heavy atom. The molecule has 0 spiro atoms. The molecule has 0 unspecified atom stereocenters. The second-order valence-corrected chi connectivity index (χ2v) is 12.6. The van der Waals surface area contributed by atoms with E-state index in [4.69, 9.17) is 27.8 Å². The summed E-state index contributed by atoms with van der Waals surface area (Å²) in [6.07, 6.45) is 1.89. The van der Waals surface area contributed by atoms with Crippen LogP contribution < -0.4 is 21.5 Å². The third-order valence-electron chi connectivity index (χ3n) is 8.28. The van der Waals surface area contributed by atoms with Gasteiger partial charge in [0, 0.05) is 29.3 Å². The van der Waals surface area contributed by atoms with Gasteiger partial charge in [0.05, 0.1) is 32.8 Å². The number of nitrogens with two attached hydrogens (primary N) is 2. The van der Waals surface area contributed by atoms with E-state index in [9.17, 15) is 14.8 Å². The van der Waals surface area contributed by atoms with E-state index in [0.29, 0.717) is 5.56 Å². The molecule has 0 radical (unpaired) electrons. The minimum atomic E-state index is -0.946. The van der Waals surface area contributed by atoms with Crippen molar-refractivity contribution in [1.82, 2.24) is 19.9 Å². The van der Waals surface area contributed by atoms with Gasteiger partial charge in [-0.15, -0.1) is 11.3 Å². The molecule has 10 nitrogen and oxygen atoms in total. The lowest BCUT2D eigenvalue weighted by Crippen LogP contribution is -2.39. The molecule has 236 valence electrons. The van der Waals surface area contributed by atoms with Crippen molar-refractivity contribution >= 4 is 60.6 Å². The van der Waals surface area contributed by atoms with Crippen LogP contribution in [-0.2, 0) is 0 Å². The van der Waals surface area contributed by atoms with Crippen molar-refractivity contribution in [2.45, 2.75) is 38.5 Å². The van der Waals surface area contributed by atoms with Gasteiger partial charge in [0.2, 0.25) is 0 Å². The number of pyridine rings is 1. The molecule has 1 aliphatic rings. The van der Waals surface area contributed by atoms with Crippen LogP contribution in [0.5, 0.6) is 11.8 Å². The molecule has 3 atom stereocenters. The van der Waals surface area contributed by atoms with E-state index in [0.717, 1.165) is 35.9 Å². The number of nitrogens with zero attached hydrogens (tertiary/aromatic N) is 5. The Balaban J connectivity index is 1.59. The Labute approximate surface area is 271 Å². The number of phenolic OH excluding ortho intramolecular Hbond substituents is 1. The minimum absolute atomic E-state index is 0.0214. The van der Waals surface area contributed by atoms with Crippen LogP contribution in [0.3, 0.4) is 0 Å². The SMILES string of the molecule is C=C1CCN(C)[C@@H]1[C@H](C)Oc1nc(N[C@H](C)c2cccnc2N)c2c(O)c(Cl)c(-c3ccc(F)c4sc(N)c(C#N)c34)c(F)c2n1. The number of nitriles is 1. The average Bonchev–Trinajstić information content (AvgIpc) is 3.54. The quantitative estimate of drug-likeness (QED) is 0.137. The van der Waals surface area contributed by atoms with Gasteiger partial charge in [-0.3, -0.25) is 4.90 Å². The zero-order chi connectivity index (χ0) is 33.0. The lowest BCUT2D eigenvalue weighted by atomic mass is 9.96. The maximum absolute atomic E-state index is 16.9. The Morgan fingerprint density at radius 1 is 1.24 bits per heavy atom. The number of halogens is 3. The normalized spacial score (nSPS) is 16.5. The van der Waals surface area contributed by atoms with Gasteiger partial charge in [-0.25, -0.2) is 13.8 Å². The van der Waals surface area contributed by atoms with Gasteiger partial charge < -0.3 is 26.6 Å². The number of aromatic nitrogens is 3. The van der Waals surface area contributed by atoms with Crippen molar-refractivity contribution in [3.05, 3.63) is 70.4 Å². The van der Waals surface area contributed by atoms with Crippen molar-refractivity contribution in [3.63, 3.8) is 0 Å². The number of aromatic hydroxyl groups is 1. The summed E-state index contributed by atoms with van der Waals surface area (Å²) in [7, 11) is 1.96. The Bertz CT molecular complexity index is 2100. The first-order chi connectivity index (χ1) is 21.9. The van der Waals surface area contributed by atoms with E-state index in [1.807, 2.05) is 20.0 Å². The number of hydrogen-bond acceptors (Lipinski definition) is 11. The van der Waals surface area contributed by atoms with Crippen LogP contribution in [0.2, 0.25) is 5.02 Å². The summed E-state index contributed by atoms with van der Waals surface area (Å²) in [4.78, 5) is 15.2. The largest absolute Gasteiger partial charge is 0.506 e. The molecule has 3 aromatic heterocycles. The summed E-state index contributed by atoms with van der Waals surface area (Å²) < 4.78 is 38.0. The number of nitrogen functional groups attached to an aromatic ring is 2. The first kappa shape index (κ1) is 31.2. The summed E-state index contributed by atoms with van der Waals surface area (Å²) in [5.41, 5.74) is 13.2. The van der Waals surface area contributed by atoms with Crippen molar-refractivity contribution in [2.75, 3.05) is 30.4 Å². The summed E-state index contributed by atoms with van der Waals surface area (Å²) in [6, 6.07) is 7.06. The molecule has 1 fully saturated rings. The number of likely N-dealkylation sites (N-methyl/N-ethyl adjacent to an activating group) is 1. The summed E-state index contributed by atoms with van der Waals surface area (Å²) in [6.45, 7) is 8.62. The van der Waals surface area contributed by atoms with Gasteiger partial charge in [-0.1, -0.05) is 35.9 Å². The number of benzene rings is 2. The predicted molar refractivity (Wildman–Crippen MR) is 177 cm³/mol. The Morgan fingerprint density at radius 2 is 2.00 bits per heavy atom. The molecule has 0 bridgehead atoms. The highest BCUT2D eigenvalue weighted by Gasteiger charge is 2.33. The van der Waals surface area contributed by atoms with Crippen molar-refractivity contribution in [1.29, 1.82) is 5.26 Å². The number of nitrogens with one attached hydrogen (secondary N) is 1. The number of thiophene rings is 1. The van der Waals surface area contributed by atoms with Crippen LogP contribution in [0.1, 0.15) is 37.4 Å². The molecule has 5 aromatic rings. The molecule has 1 saturated heterocycles. The maximum atomic E-state index is 16.9. The molecular weight excluding hydrogens is 634 g/mol. The molecule has 14 heteroatoms. The van der Waals surface area contributed by atoms with Gasteiger partial charge in [-0.2, -0.15) is 15.2 Å². The van der Waals surface area contributed by atoms with Crippen LogP contribution in [0.25, 0.3) is 32.1 Å². The number of rotatable bonds is 7. The Hall–Kier alpha value is -4.77. The topological polar surface area (TPSA) is 159 Å². The fourth-order valence-electron chi connectivity index (χ4n) is 6.09. The van der Waals surface area contributed by atoms with E-state index in [2.05, 4.69) is 31.7 Å². The maximum Gasteiger partial charge on any atom is 0.319 e. The van der Waals surface area contributed by atoms with Crippen LogP contribution in [0.15, 0.2) is 42.6 Å². The molecule has 0 amide bonds. The van der Waals surface area contributed by atoms with Crippen LogP contribution in [-0.4, -0.2) is 50.7 Å². The molecular formula is C32H29ClF2N8O2S. The van der Waals surface area contributed by atoms with Gasteiger partial charge in [0.1, 0.15) is 45.9 Å². The van der Waals surface area contributed by atoms with Gasteiger partial charge in [-0.05, 0) is 45.0 Å². The number of anilines is 3. The van der Waals surface area contributed by atoms with Crippen molar-refractivity contribution in [3.8, 4) is 29.0 Å². The Kier molecular flexibility index (Phi) is 8.05. The number of likely N-dealkylation sites (tertiary alicyclic amines) is 1. The molecule has 2 aromatic carbocycles. The average molecular weight is 663 g/mol. The number of phenols is 1. The lowest BCUT2D eigenvalue weighted by molar-refractivity contribution is 0.127. The summed E-state index contributed by atoms with van der Waals surface area (Å²) in [5.74, 6) is -1.83. The first-order valence-corrected chi connectivity index (χ1v) is 15.5. The number of ether oxygens (including phenoxy) is 1. The third-order valence-corrected chi connectivity index (χ3v) is 9.68. The smallest absolute Gasteiger partial charge is 0.319 e. The van der Waals surface area contributed by atoms with E-state index < -0.39 is 34.6 Å². The predicted octanol–water partition coefficient (Wildman–Crippen LogP) is 6.78. The van der Waals surface area contributed by atoms with E-state index in [1.54, 1.807) is 25.3 Å². The molecule has 0 saturated carbocycles. The first-order valence-electron chi connectivity index (χ1n) is 14.3. The number of fused-ring (bicyclic) bond motifs is 2. The molecule has 0 aliphatic carbocycles. The highest BCUT2D eigenvalue weighted by molar-refractivity contribution is 7.23. The minimum Gasteiger partial charge on any atom is -0.506 e. The second kappa shape index (κ2) is 11.9. The van der Waals surface area contributed by atoms with E-state index in [-0.39, 0.29) is 66.4 Å². The highest BCUT2D eigenvalue weighted by atomic mass is 35.5. The molecule has 6 rings (SSSR count). The highest BCUT2D eigenvalue weighted by Crippen LogP contribution is 2.49. The zero-order valence-corrected chi connectivity index (χ0v) is 26.6. The fraction of sp³-hybridized carbons (Fsp3) is 0.250. The third kappa shape index (κ3) is 5.08. The lowest BCUT2D eigenvalue weighted by Gasteiger charge is -2.27. The molecule has 1 aliphatic heterocycles. The molecule has 4 heterocycles.